The van der Waals surface area contributed by atoms with Gasteiger partial charge in [0.25, 0.3) is 0 Å². The highest BCUT2D eigenvalue weighted by Gasteiger charge is 2.25. The van der Waals surface area contributed by atoms with Crippen LogP contribution in [0, 0.1) is 5.92 Å². The summed E-state index contributed by atoms with van der Waals surface area (Å²) in [5, 5.41) is 6.21. The lowest BCUT2D eigenvalue weighted by Crippen LogP contribution is -2.28. The molecule has 0 radical (unpaired) electrons. The number of benzene rings is 1. The van der Waals surface area contributed by atoms with Crippen molar-refractivity contribution >= 4 is 17.4 Å². The number of hydrogen-bond acceptors (Lipinski definition) is 4. The lowest BCUT2D eigenvalue weighted by Gasteiger charge is -2.23. The highest BCUT2D eigenvalue weighted by atomic mass is 16.5. The van der Waals surface area contributed by atoms with Crippen LogP contribution in [0.2, 0.25) is 0 Å². The van der Waals surface area contributed by atoms with E-state index in [1.165, 1.54) is 5.56 Å². The zero-order valence-electron chi connectivity index (χ0n) is 13.9. The molecule has 5 heteroatoms. The monoisotopic (exact) mass is 325 g/mol. The molecular weight excluding hydrogens is 302 g/mol. The van der Waals surface area contributed by atoms with Gasteiger partial charge in [-0.15, -0.1) is 0 Å². The summed E-state index contributed by atoms with van der Waals surface area (Å²) in [4.78, 5) is 16.2. The molecule has 1 aliphatic carbocycles. The first-order valence-corrected chi connectivity index (χ1v) is 8.38. The predicted octanol–water partition coefficient (Wildman–Crippen LogP) is 3.48. The number of carbonyl (C=O) groups excluding carboxylic acids is 1. The third-order valence-corrected chi connectivity index (χ3v) is 4.36. The number of amides is 1. The average molecular weight is 325 g/mol. The van der Waals surface area contributed by atoms with Crippen molar-refractivity contribution in [3.63, 3.8) is 0 Å². The van der Waals surface area contributed by atoms with E-state index in [0.29, 0.717) is 0 Å². The Kier molecular flexibility index (Phi) is 5.31. The minimum absolute atomic E-state index is 0.113. The number of aromatic nitrogens is 1. The molecule has 0 spiro atoms. The number of nitrogens with one attached hydrogen (secondary N) is 2. The Morgan fingerprint density at radius 1 is 1.29 bits per heavy atom. The molecular formula is C19H23N3O2. The summed E-state index contributed by atoms with van der Waals surface area (Å²) >= 11 is 0. The first-order chi connectivity index (χ1) is 11.7. The van der Waals surface area contributed by atoms with Crippen LogP contribution in [0.4, 0.5) is 11.5 Å². The van der Waals surface area contributed by atoms with Crippen LogP contribution in [-0.2, 0) is 11.2 Å². The molecule has 1 saturated carbocycles. The molecule has 1 aromatic carbocycles. The van der Waals surface area contributed by atoms with E-state index < -0.39 is 0 Å². The van der Waals surface area contributed by atoms with Crippen LogP contribution in [0.3, 0.4) is 0 Å². The van der Waals surface area contributed by atoms with Gasteiger partial charge in [0.1, 0.15) is 11.6 Å². The maximum atomic E-state index is 11.9. The number of ether oxygens (including phenoxy) is 1. The summed E-state index contributed by atoms with van der Waals surface area (Å²) in [6.07, 6.45) is 5.75. The highest BCUT2D eigenvalue weighted by molar-refractivity contribution is 5.92. The fourth-order valence-corrected chi connectivity index (χ4v) is 2.65. The van der Waals surface area contributed by atoms with Crippen molar-refractivity contribution in [1.82, 2.24) is 4.98 Å². The van der Waals surface area contributed by atoms with E-state index in [-0.39, 0.29) is 11.8 Å². The van der Waals surface area contributed by atoms with Gasteiger partial charge in [0.2, 0.25) is 5.91 Å². The van der Waals surface area contributed by atoms with E-state index in [1.807, 2.05) is 30.3 Å². The first-order valence-electron chi connectivity index (χ1n) is 8.38. The van der Waals surface area contributed by atoms with Crippen molar-refractivity contribution in [2.45, 2.75) is 25.7 Å². The third-order valence-electron chi connectivity index (χ3n) is 4.36. The Morgan fingerprint density at radius 3 is 2.83 bits per heavy atom. The minimum Gasteiger partial charge on any atom is -0.497 e. The van der Waals surface area contributed by atoms with E-state index in [9.17, 15) is 4.79 Å². The maximum absolute atomic E-state index is 11.9. The van der Waals surface area contributed by atoms with Gasteiger partial charge in [-0.1, -0.05) is 18.6 Å². The van der Waals surface area contributed by atoms with Gasteiger partial charge in [-0.2, -0.15) is 0 Å². The van der Waals surface area contributed by atoms with E-state index in [1.54, 1.807) is 13.3 Å². The van der Waals surface area contributed by atoms with Crippen LogP contribution in [0.5, 0.6) is 5.75 Å². The SMILES string of the molecule is COc1cccc(CCNc2ccc(NC(=O)C3CCC3)cn2)c1. The summed E-state index contributed by atoms with van der Waals surface area (Å²) in [5.41, 5.74) is 1.97. The third kappa shape index (κ3) is 4.25. The zero-order valence-corrected chi connectivity index (χ0v) is 13.9. The molecule has 5 nitrogen and oxygen atoms in total. The molecule has 0 aliphatic heterocycles. The molecule has 1 amide bonds. The number of methoxy groups -OCH3 is 1. The predicted molar refractivity (Wildman–Crippen MR) is 95.4 cm³/mol. The topological polar surface area (TPSA) is 63.2 Å². The summed E-state index contributed by atoms with van der Waals surface area (Å²) in [6.45, 7) is 0.786. The molecule has 24 heavy (non-hydrogen) atoms. The number of nitrogens with zero attached hydrogens (tertiary/aromatic N) is 1. The van der Waals surface area contributed by atoms with Crippen molar-refractivity contribution in [2.24, 2.45) is 5.92 Å². The van der Waals surface area contributed by atoms with Gasteiger partial charge in [-0.3, -0.25) is 4.79 Å². The summed E-state index contributed by atoms with van der Waals surface area (Å²) in [6, 6.07) is 11.8. The number of pyridine rings is 1. The molecule has 2 N–H and O–H groups in total. The van der Waals surface area contributed by atoms with Gasteiger partial charge in [-0.25, -0.2) is 4.98 Å². The Labute approximate surface area is 142 Å². The number of anilines is 2. The Morgan fingerprint density at radius 2 is 2.17 bits per heavy atom. The van der Waals surface area contributed by atoms with E-state index >= 15 is 0 Å². The Bertz CT molecular complexity index is 681. The Balaban J connectivity index is 1.46. The van der Waals surface area contributed by atoms with Gasteiger partial charge in [0.05, 0.1) is 19.0 Å². The molecule has 1 aromatic heterocycles. The second-order valence-corrected chi connectivity index (χ2v) is 6.08. The molecule has 0 atom stereocenters. The van der Waals surface area contributed by atoms with Crippen LogP contribution in [0.1, 0.15) is 24.8 Å². The number of carbonyl (C=O) groups is 1. The molecule has 2 aromatic rings. The largest absolute Gasteiger partial charge is 0.497 e. The van der Waals surface area contributed by atoms with Crippen LogP contribution >= 0.6 is 0 Å². The number of rotatable bonds is 7. The minimum atomic E-state index is 0.113. The molecule has 0 unspecified atom stereocenters. The van der Waals surface area contributed by atoms with Gasteiger partial charge in [0, 0.05) is 12.5 Å². The van der Waals surface area contributed by atoms with Gasteiger partial charge >= 0.3 is 0 Å². The van der Waals surface area contributed by atoms with Gasteiger partial charge in [0.15, 0.2) is 0 Å². The van der Waals surface area contributed by atoms with Crippen molar-refractivity contribution in [3.05, 3.63) is 48.2 Å². The second kappa shape index (κ2) is 7.81. The van der Waals surface area contributed by atoms with Crippen molar-refractivity contribution < 1.29 is 9.53 Å². The zero-order chi connectivity index (χ0) is 16.8. The molecule has 1 fully saturated rings. The molecule has 0 bridgehead atoms. The van der Waals surface area contributed by atoms with Crippen LogP contribution in [0.25, 0.3) is 0 Å². The summed E-state index contributed by atoms with van der Waals surface area (Å²) in [5.74, 6) is 1.98. The first kappa shape index (κ1) is 16.3. The van der Waals surface area contributed by atoms with Crippen molar-refractivity contribution in [2.75, 3.05) is 24.3 Å². The lowest BCUT2D eigenvalue weighted by molar-refractivity contribution is -0.122. The van der Waals surface area contributed by atoms with E-state index in [2.05, 4.69) is 21.7 Å². The molecule has 1 heterocycles. The average Bonchev–Trinajstić information content (AvgIpc) is 2.55. The van der Waals surface area contributed by atoms with Crippen LogP contribution < -0.4 is 15.4 Å². The number of hydrogen-bond donors (Lipinski definition) is 2. The van der Waals surface area contributed by atoms with Crippen molar-refractivity contribution in [1.29, 1.82) is 0 Å². The maximum Gasteiger partial charge on any atom is 0.227 e. The fraction of sp³-hybridized carbons (Fsp3) is 0.368. The summed E-state index contributed by atoms with van der Waals surface area (Å²) in [7, 11) is 1.67. The van der Waals surface area contributed by atoms with E-state index in [4.69, 9.17) is 4.74 Å². The molecule has 0 saturated heterocycles. The van der Waals surface area contributed by atoms with Crippen LogP contribution in [0.15, 0.2) is 42.6 Å². The lowest BCUT2D eigenvalue weighted by atomic mass is 9.85. The van der Waals surface area contributed by atoms with E-state index in [0.717, 1.165) is 49.5 Å². The quantitative estimate of drug-likeness (QED) is 0.818. The summed E-state index contributed by atoms with van der Waals surface area (Å²) < 4.78 is 5.23. The van der Waals surface area contributed by atoms with Gasteiger partial charge < -0.3 is 15.4 Å². The highest BCUT2D eigenvalue weighted by Crippen LogP contribution is 2.27. The standard InChI is InChI=1S/C19H23N3O2/c1-24-17-7-2-4-14(12-17)10-11-20-18-9-8-16(13-21-18)22-19(23)15-5-3-6-15/h2,4,7-9,12-13,15H,3,5-6,10-11H2,1H3,(H,20,21)(H,22,23). The van der Waals surface area contributed by atoms with Gasteiger partial charge in [-0.05, 0) is 49.1 Å². The Hall–Kier alpha value is -2.56. The second-order valence-electron chi connectivity index (χ2n) is 6.08. The smallest absolute Gasteiger partial charge is 0.227 e. The molecule has 3 rings (SSSR count). The molecule has 126 valence electrons. The fourth-order valence-electron chi connectivity index (χ4n) is 2.65. The normalized spacial score (nSPS) is 13.9. The van der Waals surface area contributed by atoms with Crippen molar-refractivity contribution in [3.8, 4) is 5.75 Å². The molecule has 1 aliphatic rings. The van der Waals surface area contributed by atoms with Crippen LogP contribution in [-0.4, -0.2) is 24.5 Å².